The summed E-state index contributed by atoms with van der Waals surface area (Å²) in [4.78, 5) is 12.4. The first-order valence-corrected chi connectivity index (χ1v) is 9.95. The number of halogens is 3. The zero-order chi connectivity index (χ0) is 21.3. The van der Waals surface area contributed by atoms with Crippen LogP contribution in [-0.4, -0.2) is 15.7 Å². The highest BCUT2D eigenvalue weighted by molar-refractivity contribution is 5.94. The minimum absolute atomic E-state index is 0.236. The Bertz CT molecular complexity index is 1050. The third-order valence-electron chi connectivity index (χ3n) is 5.40. The molecule has 0 fully saturated rings. The van der Waals surface area contributed by atoms with Crippen LogP contribution in [0.2, 0.25) is 0 Å². The van der Waals surface area contributed by atoms with Gasteiger partial charge >= 0.3 is 6.18 Å². The van der Waals surface area contributed by atoms with Gasteiger partial charge in [-0.2, -0.15) is 18.3 Å². The number of amides is 1. The van der Waals surface area contributed by atoms with Gasteiger partial charge in [-0.15, -0.1) is 0 Å². The highest BCUT2D eigenvalue weighted by Gasteiger charge is 2.39. The summed E-state index contributed by atoms with van der Waals surface area (Å²) >= 11 is 0. The van der Waals surface area contributed by atoms with Crippen LogP contribution in [0, 0.1) is 6.92 Å². The Balaban J connectivity index is 1.53. The smallest absolute Gasteiger partial charge is 0.348 e. The fourth-order valence-electron chi connectivity index (χ4n) is 3.78. The number of fused-ring (bicyclic) bond motifs is 1. The van der Waals surface area contributed by atoms with E-state index >= 15 is 0 Å². The monoisotopic (exact) mass is 413 g/mol. The van der Waals surface area contributed by atoms with Crippen LogP contribution in [0.15, 0.2) is 48.5 Å². The van der Waals surface area contributed by atoms with Crippen LogP contribution in [-0.2, 0) is 25.6 Å². The zero-order valence-electron chi connectivity index (χ0n) is 16.6. The highest BCUT2D eigenvalue weighted by Crippen LogP contribution is 2.36. The van der Waals surface area contributed by atoms with E-state index in [4.69, 9.17) is 0 Å². The Morgan fingerprint density at radius 2 is 1.70 bits per heavy atom. The Kier molecular flexibility index (Phi) is 5.37. The number of benzene rings is 2. The molecule has 1 aliphatic rings. The average Bonchev–Trinajstić information content (AvgIpc) is 3.13. The molecule has 0 radical (unpaired) electrons. The first-order valence-electron chi connectivity index (χ1n) is 9.95. The second kappa shape index (κ2) is 7.97. The number of carbonyl (C=O) groups is 1. The molecule has 4 rings (SSSR count). The maximum Gasteiger partial charge on any atom is 0.435 e. The minimum Gasteiger partial charge on any atom is -0.348 e. The number of hydrogen-bond acceptors (Lipinski definition) is 2. The number of carbonyl (C=O) groups excluding carboxylic acids is 1. The van der Waals surface area contributed by atoms with Crippen LogP contribution in [0.25, 0.3) is 5.69 Å². The normalized spacial score (nSPS) is 13.7. The molecule has 1 aromatic heterocycles. The highest BCUT2D eigenvalue weighted by atomic mass is 19.4. The van der Waals surface area contributed by atoms with E-state index in [9.17, 15) is 18.0 Å². The summed E-state index contributed by atoms with van der Waals surface area (Å²) in [5, 5.41) is 6.74. The summed E-state index contributed by atoms with van der Waals surface area (Å²) in [6.45, 7) is 2.40. The van der Waals surface area contributed by atoms with E-state index in [0.29, 0.717) is 41.9 Å². The Labute approximate surface area is 172 Å². The second-order valence-electron chi connectivity index (χ2n) is 7.61. The SMILES string of the molecule is Cc1ccc(CNC(=O)c2ccc(-n3nc(C(F)(F)F)c4c3CCCC4)cc2)cc1. The van der Waals surface area contributed by atoms with Crippen LogP contribution >= 0.6 is 0 Å². The number of nitrogens with zero attached hydrogens (tertiary/aromatic N) is 2. The van der Waals surface area contributed by atoms with Gasteiger partial charge in [0.05, 0.1) is 5.69 Å². The molecule has 30 heavy (non-hydrogen) atoms. The van der Waals surface area contributed by atoms with Crippen molar-refractivity contribution in [3.8, 4) is 5.69 Å². The number of alkyl halides is 3. The van der Waals surface area contributed by atoms with Crippen LogP contribution in [0.5, 0.6) is 0 Å². The molecule has 1 aliphatic carbocycles. The summed E-state index contributed by atoms with van der Waals surface area (Å²) < 4.78 is 41.6. The molecule has 2 aromatic carbocycles. The van der Waals surface area contributed by atoms with E-state index in [0.717, 1.165) is 24.0 Å². The molecule has 1 N–H and O–H groups in total. The molecule has 0 aliphatic heterocycles. The van der Waals surface area contributed by atoms with E-state index in [1.54, 1.807) is 24.3 Å². The molecule has 0 saturated heterocycles. The number of nitrogens with one attached hydrogen (secondary N) is 1. The van der Waals surface area contributed by atoms with Gasteiger partial charge in [0, 0.05) is 23.4 Å². The molecule has 7 heteroatoms. The van der Waals surface area contributed by atoms with Crippen molar-refractivity contribution in [2.45, 2.75) is 45.3 Å². The van der Waals surface area contributed by atoms with Crippen molar-refractivity contribution in [2.24, 2.45) is 0 Å². The largest absolute Gasteiger partial charge is 0.435 e. The molecule has 1 amide bonds. The van der Waals surface area contributed by atoms with Crippen LogP contribution in [0.1, 0.15) is 51.3 Å². The average molecular weight is 413 g/mol. The van der Waals surface area contributed by atoms with Gasteiger partial charge in [-0.05, 0) is 62.4 Å². The van der Waals surface area contributed by atoms with Gasteiger partial charge in [-0.25, -0.2) is 4.68 Å². The fourth-order valence-corrected chi connectivity index (χ4v) is 3.78. The van der Waals surface area contributed by atoms with Gasteiger partial charge in [-0.1, -0.05) is 29.8 Å². The first kappa shape index (κ1) is 20.2. The molecule has 0 bridgehead atoms. The van der Waals surface area contributed by atoms with Crippen molar-refractivity contribution in [3.63, 3.8) is 0 Å². The van der Waals surface area contributed by atoms with Gasteiger partial charge in [0.1, 0.15) is 0 Å². The summed E-state index contributed by atoms with van der Waals surface area (Å²) in [6, 6.07) is 14.4. The summed E-state index contributed by atoms with van der Waals surface area (Å²) in [5.74, 6) is -0.236. The van der Waals surface area contributed by atoms with E-state index in [2.05, 4.69) is 10.4 Å². The molecule has 3 aromatic rings. The summed E-state index contributed by atoms with van der Waals surface area (Å²) in [7, 11) is 0. The predicted molar refractivity (Wildman–Crippen MR) is 108 cm³/mol. The number of aromatic nitrogens is 2. The first-order chi connectivity index (χ1) is 14.3. The molecule has 4 nitrogen and oxygen atoms in total. The number of hydrogen-bond donors (Lipinski definition) is 1. The molecular formula is C23H22F3N3O. The standard InChI is InChI=1S/C23H22F3N3O/c1-15-6-8-16(9-7-15)14-27-22(30)17-10-12-18(13-11-17)29-20-5-3-2-4-19(20)21(28-29)23(24,25)26/h6-13H,2-5,14H2,1H3,(H,27,30). The Morgan fingerprint density at radius 3 is 2.37 bits per heavy atom. The molecule has 156 valence electrons. The number of rotatable bonds is 4. The summed E-state index contributed by atoms with van der Waals surface area (Å²) in [5.41, 5.74) is 3.24. The van der Waals surface area contributed by atoms with Gasteiger partial charge in [0.25, 0.3) is 5.91 Å². The lowest BCUT2D eigenvalue weighted by atomic mass is 9.95. The topological polar surface area (TPSA) is 46.9 Å². The van der Waals surface area contributed by atoms with Crippen molar-refractivity contribution in [1.82, 2.24) is 15.1 Å². The molecule has 0 spiro atoms. The van der Waals surface area contributed by atoms with Gasteiger partial charge < -0.3 is 5.32 Å². The third kappa shape index (κ3) is 4.10. The Morgan fingerprint density at radius 1 is 1.03 bits per heavy atom. The van der Waals surface area contributed by atoms with Crippen molar-refractivity contribution >= 4 is 5.91 Å². The van der Waals surface area contributed by atoms with E-state index < -0.39 is 11.9 Å². The Hall–Kier alpha value is -3.09. The third-order valence-corrected chi connectivity index (χ3v) is 5.40. The van der Waals surface area contributed by atoms with Crippen LogP contribution in [0.3, 0.4) is 0 Å². The molecule has 0 atom stereocenters. The van der Waals surface area contributed by atoms with E-state index in [1.807, 2.05) is 31.2 Å². The number of aryl methyl sites for hydroxylation is 1. The minimum atomic E-state index is -4.47. The van der Waals surface area contributed by atoms with Gasteiger partial charge in [0.15, 0.2) is 5.69 Å². The zero-order valence-corrected chi connectivity index (χ0v) is 16.6. The molecule has 1 heterocycles. The lowest BCUT2D eigenvalue weighted by Crippen LogP contribution is -2.22. The van der Waals surface area contributed by atoms with Crippen LogP contribution in [0.4, 0.5) is 13.2 Å². The maximum absolute atomic E-state index is 13.4. The fraction of sp³-hybridized carbons (Fsp3) is 0.304. The second-order valence-corrected chi connectivity index (χ2v) is 7.61. The lowest BCUT2D eigenvalue weighted by molar-refractivity contribution is -0.142. The van der Waals surface area contributed by atoms with E-state index in [-0.39, 0.29) is 5.91 Å². The maximum atomic E-state index is 13.4. The van der Waals surface area contributed by atoms with Crippen LogP contribution < -0.4 is 5.32 Å². The van der Waals surface area contributed by atoms with Gasteiger partial charge in [0.2, 0.25) is 0 Å². The van der Waals surface area contributed by atoms with E-state index in [1.165, 1.54) is 4.68 Å². The van der Waals surface area contributed by atoms with Crippen molar-refractivity contribution in [2.75, 3.05) is 0 Å². The van der Waals surface area contributed by atoms with Gasteiger partial charge in [-0.3, -0.25) is 4.79 Å². The van der Waals surface area contributed by atoms with Crippen molar-refractivity contribution in [3.05, 3.63) is 82.2 Å². The molecular weight excluding hydrogens is 391 g/mol. The van der Waals surface area contributed by atoms with Crippen molar-refractivity contribution < 1.29 is 18.0 Å². The quantitative estimate of drug-likeness (QED) is 0.654. The lowest BCUT2D eigenvalue weighted by Gasteiger charge is -2.15. The summed E-state index contributed by atoms with van der Waals surface area (Å²) in [6.07, 6.45) is -1.93. The molecule has 0 unspecified atom stereocenters. The predicted octanol–water partition coefficient (Wildman–Crippen LogP) is 5.01. The molecule has 0 saturated carbocycles. The van der Waals surface area contributed by atoms with Crippen molar-refractivity contribution in [1.29, 1.82) is 0 Å².